The summed E-state index contributed by atoms with van der Waals surface area (Å²) in [6.07, 6.45) is 7.12. The van der Waals surface area contributed by atoms with Crippen LogP contribution in [0.4, 0.5) is 5.69 Å². The highest BCUT2D eigenvalue weighted by molar-refractivity contribution is 5.48. The van der Waals surface area contributed by atoms with Gasteiger partial charge in [0.2, 0.25) is 5.88 Å². The first kappa shape index (κ1) is 9.94. The van der Waals surface area contributed by atoms with Gasteiger partial charge < -0.3 is 9.64 Å². The molecule has 1 aliphatic heterocycles. The minimum absolute atomic E-state index is 0.788. The third-order valence-corrected chi connectivity index (χ3v) is 3.35. The Morgan fingerprint density at radius 3 is 2.88 bits per heavy atom. The third-order valence-electron chi connectivity index (χ3n) is 3.35. The van der Waals surface area contributed by atoms with Crippen molar-refractivity contribution in [3.05, 3.63) is 18.3 Å². The zero-order valence-electron chi connectivity index (χ0n) is 9.56. The largest absolute Gasteiger partial charge is 0.477 e. The van der Waals surface area contributed by atoms with E-state index in [-0.39, 0.29) is 0 Å². The van der Waals surface area contributed by atoms with Gasteiger partial charge in [-0.1, -0.05) is 0 Å². The van der Waals surface area contributed by atoms with Crippen molar-refractivity contribution in [1.29, 1.82) is 0 Å². The Morgan fingerprint density at radius 2 is 2.12 bits per heavy atom. The van der Waals surface area contributed by atoms with Gasteiger partial charge in [0.15, 0.2) is 0 Å². The van der Waals surface area contributed by atoms with Gasteiger partial charge in [0.05, 0.1) is 6.61 Å². The predicted molar refractivity (Wildman–Crippen MR) is 63.9 cm³/mol. The molecule has 3 nitrogen and oxygen atoms in total. The van der Waals surface area contributed by atoms with E-state index < -0.39 is 0 Å². The van der Waals surface area contributed by atoms with Crippen molar-refractivity contribution < 1.29 is 4.74 Å². The minimum atomic E-state index is 0.788. The zero-order valence-corrected chi connectivity index (χ0v) is 9.56. The van der Waals surface area contributed by atoms with E-state index >= 15 is 0 Å². The Balaban J connectivity index is 1.65. The number of pyridine rings is 1. The molecule has 0 unspecified atom stereocenters. The molecule has 1 aliphatic carbocycles. The van der Waals surface area contributed by atoms with E-state index in [4.69, 9.17) is 4.74 Å². The van der Waals surface area contributed by atoms with Gasteiger partial charge in [0.1, 0.15) is 0 Å². The first-order valence-electron chi connectivity index (χ1n) is 6.25. The fourth-order valence-electron chi connectivity index (χ4n) is 2.14. The van der Waals surface area contributed by atoms with Crippen LogP contribution in [0.1, 0.15) is 25.7 Å². The third kappa shape index (κ3) is 2.29. The first-order valence-corrected chi connectivity index (χ1v) is 6.25. The summed E-state index contributed by atoms with van der Waals surface area (Å²) >= 11 is 0. The van der Waals surface area contributed by atoms with Gasteiger partial charge in [-0.15, -0.1) is 0 Å². The lowest BCUT2D eigenvalue weighted by Gasteiger charge is -2.17. The summed E-state index contributed by atoms with van der Waals surface area (Å²) < 4.78 is 5.69. The monoisotopic (exact) mass is 218 g/mol. The van der Waals surface area contributed by atoms with Crippen molar-refractivity contribution in [2.75, 3.05) is 24.6 Å². The van der Waals surface area contributed by atoms with E-state index in [1.165, 1.54) is 44.5 Å². The van der Waals surface area contributed by atoms with Gasteiger partial charge in [-0.2, -0.15) is 0 Å². The van der Waals surface area contributed by atoms with Crippen LogP contribution < -0.4 is 9.64 Å². The van der Waals surface area contributed by atoms with Crippen LogP contribution in [0.2, 0.25) is 0 Å². The molecule has 2 aliphatic rings. The number of anilines is 1. The molecule has 3 heteroatoms. The molecule has 0 N–H and O–H groups in total. The average Bonchev–Trinajstić information content (AvgIpc) is 2.99. The Labute approximate surface area is 96.4 Å². The van der Waals surface area contributed by atoms with Crippen LogP contribution in [0, 0.1) is 5.92 Å². The average molecular weight is 218 g/mol. The van der Waals surface area contributed by atoms with E-state index in [0.29, 0.717) is 0 Å². The number of rotatable bonds is 4. The molecular formula is C13H18N2O. The molecule has 1 saturated carbocycles. The number of ether oxygens (including phenoxy) is 1. The standard InChI is InChI=1S/C13H18N2O/c1-2-8-15(7-1)12-5-6-14-13(9-12)16-10-11-3-4-11/h5-6,9,11H,1-4,7-8,10H2. The summed E-state index contributed by atoms with van der Waals surface area (Å²) in [7, 11) is 0. The highest BCUT2D eigenvalue weighted by Crippen LogP contribution is 2.30. The second-order valence-corrected chi connectivity index (χ2v) is 4.80. The quantitative estimate of drug-likeness (QED) is 0.776. The fourth-order valence-corrected chi connectivity index (χ4v) is 2.14. The van der Waals surface area contributed by atoms with Crippen LogP contribution >= 0.6 is 0 Å². The maximum atomic E-state index is 5.69. The zero-order chi connectivity index (χ0) is 10.8. The summed E-state index contributed by atoms with van der Waals surface area (Å²) in [6, 6.07) is 4.16. The van der Waals surface area contributed by atoms with Crippen LogP contribution in [-0.2, 0) is 0 Å². The van der Waals surface area contributed by atoms with Gasteiger partial charge in [0, 0.05) is 31.0 Å². The van der Waals surface area contributed by atoms with E-state index in [0.717, 1.165) is 18.4 Å². The fraction of sp³-hybridized carbons (Fsp3) is 0.615. The van der Waals surface area contributed by atoms with Crippen molar-refractivity contribution in [2.45, 2.75) is 25.7 Å². The number of aromatic nitrogens is 1. The second kappa shape index (κ2) is 4.32. The number of nitrogens with zero attached hydrogens (tertiary/aromatic N) is 2. The van der Waals surface area contributed by atoms with Gasteiger partial charge in [-0.3, -0.25) is 0 Å². The summed E-state index contributed by atoms with van der Waals surface area (Å²) in [6.45, 7) is 3.19. The number of hydrogen-bond acceptors (Lipinski definition) is 3. The van der Waals surface area contributed by atoms with Crippen molar-refractivity contribution in [2.24, 2.45) is 5.92 Å². The Morgan fingerprint density at radius 1 is 1.31 bits per heavy atom. The highest BCUT2D eigenvalue weighted by Gasteiger charge is 2.22. The summed E-state index contributed by atoms with van der Waals surface area (Å²) in [4.78, 5) is 6.67. The molecule has 1 aromatic rings. The van der Waals surface area contributed by atoms with E-state index in [1.807, 2.05) is 6.20 Å². The molecule has 2 heterocycles. The van der Waals surface area contributed by atoms with Crippen molar-refractivity contribution in [3.63, 3.8) is 0 Å². The van der Waals surface area contributed by atoms with Gasteiger partial charge in [0.25, 0.3) is 0 Å². The van der Waals surface area contributed by atoms with E-state index in [2.05, 4.69) is 22.0 Å². The molecule has 0 amide bonds. The molecule has 1 aromatic heterocycles. The first-order chi connectivity index (χ1) is 7.92. The van der Waals surface area contributed by atoms with Crippen molar-refractivity contribution in [3.8, 4) is 5.88 Å². The molecule has 2 fully saturated rings. The van der Waals surface area contributed by atoms with Crippen molar-refractivity contribution in [1.82, 2.24) is 4.98 Å². The van der Waals surface area contributed by atoms with Crippen LogP contribution in [0.15, 0.2) is 18.3 Å². The number of hydrogen-bond donors (Lipinski definition) is 0. The van der Waals surface area contributed by atoms with Crippen LogP contribution in [-0.4, -0.2) is 24.7 Å². The molecule has 1 saturated heterocycles. The Bertz CT molecular complexity index is 357. The SMILES string of the molecule is c1cc(N2CCCC2)cc(OCC2CC2)n1. The summed E-state index contributed by atoms with van der Waals surface area (Å²) in [5.74, 6) is 1.58. The molecule has 86 valence electrons. The lowest BCUT2D eigenvalue weighted by Crippen LogP contribution is -2.17. The second-order valence-electron chi connectivity index (χ2n) is 4.80. The van der Waals surface area contributed by atoms with Crippen LogP contribution in [0.5, 0.6) is 5.88 Å². The molecule has 0 atom stereocenters. The highest BCUT2D eigenvalue weighted by atomic mass is 16.5. The molecule has 0 bridgehead atoms. The maximum Gasteiger partial charge on any atom is 0.215 e. The molecule has 16 heavy (non-hydrogen) atoms. The van der Waals surface area contributed by atoms with E-state index in [1.54, 1.807) is 0 Å². The molecule has 3 rings (SSSR count). The Hall–Kier alpha value is -1.25. The van der Waals surface area contributed by atoms with E-state index in [9.17, 15) is 0 Å². The summed E-state index contributed by atoms with van der Waals surface area (Å²) in [5.41, 5.74) is 1.26. The molecular weight excluding hydrogens is 200 g/mol. The van der Waals surface area contributed by atoms with Crippen molar-refractivity contribution >= 4 is 5.69 Å². The predicted octanol–water partition coefficient (Wildman–Crippen LogP) is 2.47. The van der Waals surface area contributed by atoms with Gasteiger partial charge in [-0.05, 0) is 37.7 Å². The summed E-state index contributed by atoms with van der Waals surface area (Å²) in [5, 5.41) is 0. The minimum Gasteiger partial charge on any atom is -0.477 e. The topological polar surface area (TPSA) is 25.4 Å². The van der Waals surface area contributed by atoms with Gasteiger partial charge in [-0.25, -0.2) is 4.98 Å². The maximum absolute atomic E-state index is 5.69. The van der Waals surface area contributed by atoms with Crippen LogP contribution in [0.3, 0.4) is 0 Å². The molecule has 0 spiro atoms. The molecule has 0 aromatic carbocycles. The Kier molecular flexibility index (Phi) is 2.68. The smallest absolute Gasteiger partial charge is 0.215 e. The lowest BCUT2D eigenvalue weighted by molar-refractivity contribution is 0.288. The lowest BCUT2D eigenvalue weighted by atomic mass is 10.3. The van der Waals surface area contributed by atoms with Gasteiger partial charge >= 0.3 is 0 Å². The molecule has 0 radical (unpaired) electrons. The normalized spacial score (nSPS) is 20.1. The van der Waals surface area contributed by atoms with Crippen LogP contribution in [0.25, 0.3) is 0 Å².